The first-order chi connectivity index (χ1) is 5.19. The average molecular weight is 160 g/mol. The van der Waals surface area contributed by atoms with Crippen molar-refractivity contribution in [3.05, 3.63) is 0 Å². The molecule has 1 aliphatic rings. The number of hydrogen-bond acceptors (Lipinski definition) is 4. The van der Waals surface area contributed by atoms with E-state index in [0.29, 0.717) is 13.1 Å². The molecule has 64 valence electrons. The quantitative estimate of drug-likeness (QED) is 0.366. The molecule has 5 nitrogen and oxygen atoms in total. The predicted octanol–water partition coefficient (Wildman–Crippen LogP) is -2.57. The maximum absolute atomic E-state index is 11.0. The van der Waals surface area contributed by atoms with Gasteiger partial charge in [-0.25, -0.2) is 0 Å². The Balaban J connectivity index is 2.28. The van der Waals surface area contributed by atoms with E-state index in [-0.39, 0.29) is 13.2 Å². The van der Waals surface area contributed by atoms with Crippen molar-refractivity contribution in [2.24, 2.45) is 0 Å². The molecule has 1 heterocycles. The van der Waals surface area contributed by atoms with Crippen LogP contribution in [0.5, 0.6) is 0 Å². The molecule has 1 amide bonds. The lowest BCUT2D eigenvalue weighted by molar-refractivity contribution is -0.144. The number of carbonyl (C=O) groups excluding carboxylic acids is 1. The number of amides is 1. The highest BCUT2D eigenvalue weighted by atomic mass is 16.3. The number of nitrogens with one attached hydrogen (secondary N) is 2. The molecule has 0 spiro atoms. The molecular formula is C6H12N2O3. The van der Waals surface area contributed by atoms with Crippen LogP contribution < -0.4 is 10.6 Å². The minimum atomic E-state index is -1.24. The van der Waals surface area contributed by atoms with E-state index in [9.17, 15) is 9.90 Å². The second kappa shape index (κ2) is 3.17. The molecule has 0 unspecified atom stereocenters. The Labute approximate surface area is 64.4 Å². The zero-order chi connectivity index (χ0) is 8.32. The lowest BCUT2D eigenvalue weighted by Gasteiger charge is -2.35. The molecule has 11 heavy (non-hydrogen) atoms. The summed E-state index contributed by atoms with van der Waals surface area (Å²) in [7, 11) is 0. The number of carbonyl (C=O) groups is 1. The molecule has 0 aromatic rings. The van der Waals surface area contributed by atoms with Gasteiger partial charge in [-0.05, 0) is 0 Å². The van der Waals surface area contributed by atoms with Gasteiger partial charge in [0, 0.05) is 19.6 Å². The van der Waals surface area contributed by atoms with Gasteiger partial charge in [0.15, 0.2) is 5.60 Å². The maximum atomic E-state index is 11.0. The summed E-state index contributed by atoms with van der Waals surface area (Å²) in [6.45, 7) is 0.685. The lowest BCUT2D eigenvalue weighted by atomic mass is 9.96. The Morgan fingerprint density at radius 3 is 2.64 bits per heavy atom. The van der Waals surface area contributed by atoms with Crippen LogP contribution in [0.2, 0.25) is 0 Å². The highest BCUT2D eigenvalue weighted by molar-refractivity contribution is 5.86. The third-order valence-corrected chi connectivity index (χ3v) is 1.65. The van der Waals surface area contributed by atoms with E-state index in [1.54, 1.807) is 0 Å². The van der Waals surface area contributed by atoms with E-state index in [0.717, 1.165) is 0 Å². The molecular weight excluding hydrogens is 148 g/mol. The van der Waals surface area contributed by atoms with E-state index in [1.165, 1.54) is 0 Å². The third-order valence-electron chi connectivity index (χ3n) is 1.65. The number of aliphatic hydroxyl groups excluding tert-OH is 1. The van der Waals surface area contributed by atoms with Gasteiger partial charge < -0.3 is 20.8 Å². The Bertz CT molecular complexity index is 156. The Morgan fingerprint density at radius 1 is 1.64 bits per heavy atom. The first kappa shape index (κ1) is 8.45. The van der Waals surface area contributed by atoms with Crippen LogP contribution in [0.25, 0.3) is 0 Å². The number of rotatable bonds is 3. The molecule has 0 aromatic heterocycles. The van der Waals surface area contributed by atoms with Gasteiger partial charge in [-0.3, -0.25) is 4.79 Å². The zero-order valence-electron chi connectivity index (χ0n) is 6.13. The second-order valence-corrected chi connectivity index (χ2v) is 2.61. The second-order valence-electron chi connectivity index (χ2n) is 2.61. The van der Waals surface area contributed by atoms with E-state index in [4.69, 9.17) is 5.11 Å². The summed E-state index contributed by atoms with van der Waals surface area (Å²) in [4.78, 5) is 11.0. The van der Waals surface area contributed by atoms with Crippen molar-refractivity contribution in [3.63, 3.8) is 0 Å². The molecule has 0 aromatic carbocycles. The predicted molar refractivity (Wildman–Crippen MR) is 37.9 cm³/mol. The smallest absolute Gasteiger partial charge is 0.254 e. The summed E-state index contributed by atoms with van der Waals surface area (Å²) < 4.78 is 0. The fraction of sp³-hybridized carbons (Fsp3) is 0.833. The van der Waals surface area contributed by atoms with Crippen LogP contribution in [0, 0.1) is 0 Å². The topological polar surface area (TPSA) is 81.6 Å². The number of hydrogen-bond donors (Lipinski definition) is 4. The molecule has 1 rings (SSSR count). The van der Waals surface area contributed by atoms with Crippen molar-refractivity contribution < 1.29 is 15.0 Å². The SMILES string of the molecule is O=C(NCCO)C1(O)CNC1. The van der Waals surface area contributed by atoms with Gasteiger partial charge >= 0.3 is 0 Å². The normalized spacial score (nSPS) is 20.5. The molecule has 0 bridgehead atoms. The Kier molecular flexibility index (Phi) is 2.43. The number of aliphatic hydroxyl groups is 2. The monoisotopic (exact) mass is 160 g/mol. The largest absolute Gasteiger partial charge is 0.395 e. The summed E-state index contributed by atoms with van der Waals surface area (Å²) in [5, 5.41) is 22.9. The van der Waals surface area contributed by atoms with Crippen LogP contribution in [0.4, 0.5) is 0 Å². The van der Waals surface area contributed by atoms with Crippen LogP contribution in [0.1, 0.15) is 0 Å². The molecule has 1 fully saturated rings. The van der Waals surface area contributed by atoms with E-state index in [2.05, 4.69) is 10.6 Å². The number of β-amino-alcohol motifs (C(OH)–C–C–N with tert-alkyl or cyclic N) is 1. The minimum absolute atomic E-state index is 0.102. The minimum Gasteiger partial charge on any atom is -0.395 e. The first-order valence-electron chi connectivity index (χ1n) is 3.51. The van der Waals surface area contributed by atoms with Gasteiger partial charge in [-0.15, -0.1) is 0 Å². The van der Waals surface area contributed by atoms with Crippen LogP contribution in [0.15, 0.2) is 0 Å². The molecule has 4 N–H and O–H groups in total. The summed E-state index contributed by atoms with van der Waals surface area (Å²) in [6.07, 6.45) is 0. The molecule has 1 saturated heterocycles. The Hall–Kier alpha value is -0.650. The van der Waals surface area contributed by atoms with Crippen LogP contribution in [-0.4, -0.2) is 48.0 Å². The highest BCUT2D eigenvalue weighted by Gasteiger charge is 2.41. The van der Waals surface area contributed by atoms with E-state index < -0.39 is 11.5 Å². The van der Waals surface area contributed by atoms with Gasteiger partial charge in [-0.2, -0.15) is 0 Å². The van der Waals surface area contributed by atoms with Gasteiger partial charge in [-0.1, -0.05) is 0 Å². The summed E-state index contributed by atoms with van der Waals surface area (Å²) >= 11 is 0. The van der Waals surface area contributed by atoms with Crippen molar-refractivity contribution in [2.75, 3.05) is 26.2 Å². The fourth-order valence-corrected chi connectivity index (χ4v) is 0.856. The van der Waals surface area contributed by atoms with E-state index >= 15 is 0 Å². The van der Waals surface area contributed by atoms with Gasteiger partial charge in [0.05, 0.1) is 6.61 Å². The van der Waals surface area contributed by atoms with Crippen molar-refractivity contribution in [1.82, 2.24) is 10.6 Å². The maximum Gasteiger partial charge on any atom is 0.254 e. The standard InChI is InChI=1S/C6H12N2O3/c9-2-1-8-5(10)6(11)3-7-4-6/h7,9,11H,1-4H2,(H,8,10). The molecule has 0 saturated carbocycles. The molecule has 0 aliphatic carbocycles. The fourth-order valence-electron chi connectivity index (χ4n) is 0.856. The summed E-state index contributed by atoms with van der Waals surface area (Å²) in [6, 6.07) is 0. The third kappa shape index (κ3) is 1.68. The van der Waals surface area contributed by atoms with Crippen LogP contribution in [0.3, 0.4) is 0 Å². The van der Waals surface area contributed by atoms with Crippen molar-refractivity contribution in [1.29, 1.82) is 0 Å². The summed E-state index contributed by atoms with van der Waals surface area (Å²) in [5.74, 6) is -0.412. The van der Waals surface area contributed by atoms with E-state index in [1.807, 2.05) is 0 Å². The molecule has 0 radical (unpaired) electrons. The van der Waals surface area contributed by atoms with Crippen molar-refractivity contribution in [2.45, 2.75) is 5.60 Å². The summed E-state index contributed by atoms with van der Waals surface area (Å²) in [5.41, 5.74) is -1.24. The van der Waals surface area contributed by atoms with Crippen LogP contribution in [-0.2, 0) is 4.79 Å². The Morgan fingerprint density at radius 2 is 2.27 bits per heavy atom. The van der Waals surface area contributed by atoms with Crippen molar-refractivity contribution in [3.8, 4) is 0 Å². The van der Waals surface area contributed by atoms with Gasteiger partial charge in [0.1, 0.15) is 0 Å². The molecule has 5 heteroatoms. The first-order valence-corrected chi connectivity index (χ1v) is 3.51. The highest BCUT2D eigenvalue weighted by Crippen LogP contribution is 2.09. The van der Waals surface area contributed by atoms with Crippen molar-refractivity contribution >= 4 is 5.91 Å². The van der Waals surface area contributed by atoms with Gasteiger partial charge in [0.2, 0.25) is 0 Å². The average Bonchev–Trinajstić information content (AvgIpc) is 1.95. The molecule has 1 aliphatic heterocycles. The van der Waals surface area contributed by atoms with Gasteiger partial charge in [0.25, 0.3) is 5.91 Å². The zero-order valence-corrected chi connectivity index (χ0v) is 6.13. The lowest BCUT2D eigenvalue weighted by Crippen LogP contribution is -2.67. The van der Waals surface area contributed by atoms with Crippen LogP contribution >= 0.6 is 0 Å². The molecule has 0 atom stereocenters.